The number of carbonyl (C=O) groups excluding carboxylic acids is 1. The first-order chi connectivity index (χ1) is 7.99. The van der Waals surface area contributed by atoms with Gasteiger partial charge in [-0.05, 0) is 41.9 Å². The van der Waals surface area contributed by atoms with Crippen molar-refractivity contribution in [3.8, 4) is 6.07 Å². The molecule has 0 fully saturated rings. The molecule has 0 atom stereocenters. The Morgan fingerprint density at radius 1 is 1.59 bits per heavy atom. The molecule has 5 heteroatoms. The molecule has 0 saturated heterocycles. The number of benzene rings is 1. The number of hydrogen-bond donors (Lipinski definition) is 0. The normalized spacial score (nSPS) is 10.1. The number of amides is 1. The van der Waals surface area contributed by atoms with Gasteiger partial charge in [0.15, 0.2) is 0 Å². The predicted octanol–water partition coefficient (Wildman–Crippen LogP) is 2.96. The summed E-state index contributed by atoms with van der Waals surface area (Å²) in [7, 11) is 0. The summed E-state index contributed by atoms with van der Waals surface area (Å²) in [5.41, 5.74) is -0.0247. The molecule has 0 aliphatic heterocycles. The summed E-state index contributed by atoms with van der Waals surface area (Å²) in [6, 6.07) is 6.28. The van der Waals surface area contributed by atoms with E-state index in [-0.39, 0.29) is 22.6 Å². The molecule has 1 aromatic rings. The van der Waals surface area contributed by atoms with Gasteiger partial charge in [0.25, 0.3) is 5.91 Å². The molecule has 0 saturated carbocycles. The maximum Gasteiger partial charge on any atom is 0.257 e. The van der Waals surface area contributed by atoms with E-state index in [0.29, 0.717) is 0 Å². The van der Waals surface area contributed by atoms with Crippen molar-refractivity contribution in [1.29, 1.82) is 5.26 Å². The van der Waals surface area contributed by atoms with E-state index in [1.165, 1.54) is 17.0 Å². The van der Waals surface area contributed by atoms with E-state index in [0.717, 1.165) is 0 Å². The van der Waals surface area contributed by atoms with Gasteiger partial charge in [-0.15, -0.1) is 0 Å². The Labute approximate surface area is 108 Å². The van der Waals surface area contributed by atoms with Gasteiger partial charge in [0.05, 0.1) is 16.1 Å². The minimum absolute atomic E-state index is 0.0247. The first-order valence-corrected chi connectivity index (χ1v) is 5.90. The number of hydrogen-bond acceptors (Lipinski definition) is 2. The zero-order chi connectivity index (χ0) is 13.0. The summed E-state index contributed by atoms with van der Waals surface area (Å²) in [5.74, 6) is -1.07. The van der Waals surface area contributed by atoms with Crippen LogP contribution < -0.4 is 0 Å². The Kier molecular flexibility index (Phi) is 4.64. The maximum absolute atomic E-state index is 13.7. The van der Waals surface area contributed by atoms with Crippen molar-refractivity contribution >= 4 is 21.8 Å². The SMILES string of the molecule is CC(C)N(CC#N)C(=O)c1cccc(Br)c1F. The quantitative estimate of drug-likeness (QED) is 0.805. The molecule has 0 radical (unpaired) electrons. The van der Waals surface area contributed by atoms with E-state index in [9.17, 15) is 9.18 Å². The van der Waals surface area contributed by atoms with Gasteiger partial charge in [-0.3, -0.25) is 4.79 Å². The lowest BCUT2D eigenvalue weighted by Crippen LogP contribution is -2.37. The third-order valence-corrected chi connectivity index (χ3v) is 2.92. The second-order valence-corrected chi connectivity index (χ2v) is 4.64. The molecule has 1 rings (SSSR count). The number of carbonyl (C=O) groups is 1. The van der Waals surface area contributed by atoms with Crippen molar-refractivity contribution in [2.75, 3.05) is 6.54 Å². The second-order valence-electron chi connectivity index (χ2n) is 3.79. The molecule has 0 N–H and O–H groups in total. The molecule has 90 valence electrons. The van der Waals surface area contributed by atoms with E-state index >= 15 is 0 Å². The summed E-state index contributed by atoms with van der Waals surface area (Å²) in [4.78, 5) is 13.4. The monoisotopic (exact) mass is 298 g/mol. The topological polar surface area (TPSA) is 44.1 Å². The third kappa shape index (κ3) is 3.04. The van der Waals surface area contributed by atoms with Gasteiger partial charge >= 0.3 is 0 Å². The number of nitrogens with zero attached hydrogens (tertiary/aromatic N) is 2. The maximum atomic E-state index is 13.7. The van der Waals surface area contributed by atoms with Crippen LogP contribution in [-0.2, 0) is 0 Å². The van der Waals surface area contributed by atoms with Crippen LogP contribution in [0.1, 0.15) is 24.2 Å². The zero-order valence-electron chi connectivity index (χ0n) is 9.58. The Balaban J connectivity index is 3.11. The predicted molar refractivity (Wildman–Crippen MR) is 65.9 cm³/mol. The van der Waals surface area contributed by atoms with Crippen LogP contribution in [0, 0.1) is 17.1 Å². The molecule has 3 nitrogen and oxygen atoms in total. The molecule has 0 spiro atoms. The lowest BCUT2D eigenvalue weighted by molar-refractivity contribution is 0.0726. The molecule has 0 unspecified atom stereocenters. The van der Waals surface area contributed by atoms with Crippen molar-refractivity contribution in [2.45, 2.75) is 19.9 Å². The summed E-state index contributed by atoms with van der Waals surface area (Å²) >= 11 is 3.03. The zero-order valence-corrected chi connectivity index (χ0v) is 11.2. The van der Waals surface area contributed by atoms with Crippen LogP contribution in [0.2, 0.25) is 0 Å². The highest BCUT2D eigenvalue weighted by atomic mass is 79.9. The van der Waals surface area contributed by atoms with Crippen molar-refractivity contribution in [1.82, 2.24) is 4.90 Å². The highest BCUT2D eigenvalue weighted by molar-refractivity contribution is 9.10. The Bertz CT molecular complexity index is 468. The Morgan fingerprint density at radius 2 is 2.24 bits per heavy atom. The van der Waals surface area contributed by atoms with Gasteiger partial charge in [0.1, 0.15) is 12.4 Å². The number of halogens is 2. The highest BCUT2D eigenvalue weighted by Gasteiger charge is 2.22. The van der Waals surface area contributed by atoms with Crippen LogP contribution in [0.15, 0.2) is 22.7 Å². The minimum Gasteiger partial charge on any atom is -0.323 e. The van der Waals surface area contributed by atoms with Crippen molar-refractivity contribution in [3.63, 3.8) is 0 Å². The van der Waals surface area contributed by atoms with Crippen LogP contribution in [0.4, 0.5) is 4.39 Å². The summed E-state index contributed by atoms with van der Waals surface area (Å²) < 4.78 is 14.0. The molecule has 17 heavy (non-hydrogen) atoms. The molecular weight excluding hydrogens is 287 g/mol. The summed E-state index contributed by atoms with van der Waals surface area (Å²) in [6.07, 6.45) is 0. The standard InChI is InChI=1S/C12H12BrFN2O/c1-8(2)16(7-6-15)12(17)9-4-3-5-10(13)11(9)14/h3-5,8H,7H2,1-2H3. The fourth-order valence-electron chi connectivity index (χ4n) is 1.39. The molecule has 1 amide bonds. The fraction of sp³-hybridized carbons (Fsp3) is 0.333. The van der Waals surface area contributed by atoms with Gasteiger partial charge in [-0.25, -0.2) is 4.39 Å². The van der Waals surface area contributed by atoms with E-state index in [1.807, 2.05) is 6.07 Å². The summed E-state index contributed by atoms with van der Waals surface area (Å²) in [5, 5.41) is 8.66. The van der Waals surface area contributed by atoms with Crippen LogP contribution in [0.25, 0.3) is 0 Å². The second kappa shape index (κ2) is 5.78. The van der Waals surface area contributed by atoms with Crippen molar-refractivity contribution in [2.24, 2.45) is 0 Å². The molecule has 0 aliphatic rings. The number of rotatable bonds is 3. The average molecular weight is 299 g/mol. The highest BCUT2D eigenvalue weighted by Crippen LogP contribution is 2.20. The Morgan fingerprint density at radius 3 is 2.76 bits per heavy atom. The van der Waals surface area contributed by atoms with Gasteiger partial charge in [0, 0.05) is 6.04 Å². The molecular formula is C12H12BrFN2O. The Hall–Kier alpha value is -1.41. The molecule has 0 heterocycles. The van der Waals surface area contributed by atoms with Crippen molar-refractivity contribution < 1.29 is 9.18 Å². The average Bonchev–Trinajstić information content (AvgIpc) is 2.28. The number of nitriles is 1. The molecule has 1 aromatic carbocycles. The van der Waals surface area contributed by atoms with Gasteiger partial charge in [0.2, 0.25) is 0 Å². The van der Waals surface area contributed by atoms with E-state index in [4.69, 9.17) is 5.26 Å². The van der Waals surface area contributed by atoms with Gasteiger partial charge in [-0.1, -0.05) is 6.07 Å². The van der Waals surface area contributed by atoms with Crippen molar-refractivity contribution in [3.05, 3.63) is 34.1 Å². The van der Waals surface area contributed by atoms with Crippen LogP contribution in [0.5, 0.6) is 0 Å². The largest absolute Gasteiger partial charge is 0.323 e. The first-order valence-electron chi connectivity index (χ1n) is 5.11. The van der Waals surface area contributed by atoms with E-state index in [2.05, 4.69) is 15.9 Å². The van der Waals surface area contributed by atoms with Crippen LogP contribution in [-0.4, -0.2) is 23.4 Å². The third-order valence-electron chi connectivity index (χ3n) is 2.31. The summed E-state index contributed by atoms with van der Waals surface area (Å²) in [6.45, 7) is 3.51. The first kappa shape index (κ1) is 13.7. The molecule has 0 bridgehead atoms. The fourth-order valence-corrected chi connectivity index (χ4v) is 1.75. The van der Waals surface area contributed by atoms with Gasteiger partial charge in [-0.2, -0.15) is 5.26 Å². The smallest absolute Gasteiger partial charge is 0.257 e. The van der Waals surface area contributed by atoms with E-state index < -0.39 is 11.7 Å². The van der Waals surface area contributed by atoms with Gasteiger partial charge < -0.3 is 4.90 Å². The minimum atomic E-state index is -0.596. The molecule has 0 aromatic heterocycles. The van der Waals surface area contributed by atoms with E-state index in [1.54, 1.807) is 19.9 Å². The van der Waals surface area contributed by atoms with Crippen LogP contribution >= 0.6 is 15.9 Å². The lowest BCUT2D eigenvalue weighted by Gasteiger charge is -2.24. The lowest BCUT2D eigenvalue weighted by atomic mass is 10.1. The van der Waals surface area contributed by atoms with Crippen LogP contribution in [0.3, 0.4) is 0 Å². The molecule has 0 aliphatic carbocycles.